The maximum atomic E-state index is 12.5. The van der Waals surface area contributed by atoms with Crippen molar-refractivity contribution in [3.8, 4) is 17.1 Å². The number of aromatic nitrogens is 2. The number of hydroxylamine groups is 2. The van der Waals surface area contributed by atoms with E-state index in [0.29, 0.717) is 35.2 Å². The molecule has 11 heteroatoms. The lowest BCUT2D eigenvalue weighted by molar-refractivity contribution is -0.183. The lowest BCUT2D eigenvalue weighted by Crippen LogP contribution is -2.59. The number of benzene rings is 1. The third kappa shape index (κ3) is 6.71. The molecule has 1 saturated heterocycles. The summed E-state index contributed by atoms with van der Waals surface area (Å²) in [5.74, 6) is 0.0698. The van der Waals surface area contributed by atoms with E-state index in [1.807, 2.05) is 12.1 Å². The molecule has 0 unspecified atom stereocenters. The number of nitrogens with one attached hydrogen (secondary N) is 1. The quantitative estimate of drug-likeness (QED) is 0.475. The summed E-state index contributed by atoms with van der Waals surface area (Å²) >= 11 is 5.94. The van der Waals surface area contributed by atoms with Crippen LogP contribution in [-0.2, 0) is 16.2 Å². The van der Waals surface area contributed by atoms with Crippen molar-refractivity contribution in [2.45, 2.75) is 39.0 Å². The number of halogens is 1. The van der Waals surface area contributed by atoms with Crippen molar-refractivity contribution >= 4 is 23.7 Å². The summed E-state index contributed by atoms with van der Waals surface area (Å²) in [5.41, 5.74) is 2.01. The summed E-state index contributed by atoms with van der Waals surface area (Å²) in [4.78, 5) is 33.4. The monoisotopic (exact) mass is 500 g/mol. The molecule has 184 valence electrons. The lowest BCUT2D eigenvalue weighted by Gasteiger charge is -2.37. The number of ether oxygens (including phenoxy) is 2. The van der Waals surface area contributed by atoms with Gasteiger partial charge in [-0.1, -0.05) is 28.9 Å². The van der Waals surface area contributed by atoms with Gasteiger partial charge >= 0.3 is 6.16 Å². The number of carbonyl (C=O) groups is 2. The number of hydrogen-bond acceptors (Lipinski definition) is 9. The highest BCUT2D eigenvalue weighted by Gasteiger charge is 2.33. The van der Waals surface area contributed by atoms with Crippen LogP contribution in [0.15, 0.2) is 53.4 Å². The number of carbonyl (C=O) groups excluding carboxylic acids is 2. The van der Waals surface area contributed by atoms with Crippen LogP contribution in [0.25, 0.3) is 11.3 Å². The second-order valence-electron chi connectivity index (χ2n) is 8.94. The number of pyridine rings is 1. The zero-order chi connectivity index (χ0) is 25.0. The molecule has 0 atom stereocenters. The Hall–Kier alpha value is -3.63. The number of hydrogen-bond donors (Lipinski definition) is 1. The van der Waals surface area contributed by atoms with Crippen LogP contribution >= 0.6 is 11.6 Å². The zero-order valence-electron chi connectivity index (χ0n) is 19.5. The molecular formula is C24H25ClN4O6. The van der Waals surface area contributed by atoms with Gasteiger partial charge < -0.3 is 24.2 Å². The van der Waals surface area contributed by atoms with Crippen LogP contribution in [0.4, 0.5) is 4.79 Å². The van der Waals surface area contributed by atoms with Gasteiger partial charge in [0.05, 0.1) is 30.3 Å². The van der Waals surface area contributed by atoms with Gasteiger partial charge in [0.25, 0.3) is 5.91 Å². The van der Waals surface area contributed by atoms with Gasteiger partial charge in [-0.3, -0.25) is 4.79 Å². The third-order valence-corrected chi connectivity index (χ3v) is 5.16. The van der Waals surface area contributed by atoms with Crippen molar-refractivity contribution in [1.82, 2.24) is 20.5 Å². The molecule has 1 aliphatic heterocycles. The van der Waals surface area contributed by atoms with Crippen LogP contribution in [0.2, 0.25) is 5.02 Å². The van der Waals surface area contributed by atoms with Crippen LogP contribution in [0, 0.1) is 0 Å². The van der Waals surface area contributed by atoms with Crippen molar-refractivity contribution < 1.29 is 28.4 Å². The Labute approximate surface area is 207 Å². The summed E-state index contributed by atoms with van der Waals surface area (Å²) in [6, 6.07) is 10.3. The van der Waals surface area contributed by atoms with Crippen LogP contribution in [0.1, 0.15) is 36.7 Å². The summed E-state index contributed by atoms with van der Waals surface area (Å²) in [6.07, 6.45) is 2.18. The molecule has 10 nitrogen and oxygen atoms in total. The molecular weight excluding hydrogens is 476 g/mol. The minimum absolute atomic E-state index is 0.152. The molecule has 1 amide bonds. The van der Waals surface area contributed by atoms with Gasteiger partial charge in [0.2, 0.25) is 5.88 Å². The Balaban J connectivity index is 1.23. The molecule has 0 aliphatic carbocycles. The van der Waals surface area contributed by atoms with Gasteiger partial charge in [-0.15, -0.1) is 5.06 Å². The van der Waals surface area contributed by atoms with Crippen LogP contribution < -0.4 is 10.1 Å². The number of nitrogens with zero attached hydrogens (tertiary/aromatic N) is 3. The molecule has 3 heterocycles. The first-order valence-corrected chi connectivity index (χ1v) is 11.3. The zero-order valence-corrected chi connectivity index (χ0v) is 20.2. The minimum Gasteiger partial charge on any atom is -0.473 e. The van der Waals surface area contributed by atoms with Crippen molar-refractivity contribution in [1.29, 1.82) is 0 Å². The van der Waals surface area contributed by atoms with Crippen molar-refractivity contribution in [2.75, 3.05) is 13.1 Å². The predicted octanol–water partition coefficient (Wildman–Crippen LogP) is 4.25. The predicted molar refractivity (Wildman–Crippen MR) is 126 cm³/mol. The van der Waals surface area contributed by atoms with E-state index in [-0.39, 0.29) is 18.6 Å². The van der Waals surface area contributed by atoms with Gasteiger partial charge in [-0.25, -0.2) is 9.78 Å². The summed E-state index contributed by atoms with van der Waals surface area (Å²) in [7, 11) is 0. The first kappa shape index (κ1) is 24.5. The van der Waals surface area contributed by atoms with E-state index in [0.717, 1.165) is 11.1 Å². The van der Waals surface area contributed by atoms with E-state index in [9.17, 15) is 9.59 Å². The Morgan fingerprint density at radius 3 is 2.57 bits per heavy atom. The van der Waals surface area contributed by atoms with Gasteiger partial charge in [0.15, 0.2) is 0 Å². The first-order valence-electron chi connectivity index (χ1n) is 10.9. The third-order valence-electron chi connectivity index (χ3n) is 4.91. The molecule has 3 aromatic rings. The van der Waals surface area contributed by atoms with Gasteiger partial charge in [-0.05, 0) is 39.0 Å². The van der Waals surface area contributed by atoms with Crippen LogP contribution in [0.5, 0.6) is 5.88 Å². The maximum Gasteiger partial charge on any atom is 0.528 e. The molecule has 0 spiro atoms. The fourth-order valence-corrected chi connectivity index (χ4v) is 3.33. The van der Waals surface area contributed by atoms with Crippen molar-refractivity contribution in [3.63, 3.8) is 0 Å². The van der Waals surface area contributed by atoms with Crippen LogP contribution in [0.3, 0.4) is 0 Å². The molecule has 1 aromatic carbocycles. The highest BCUT2D eigenvalue weighted by molar-refractivity contribution is 6.30. The number of rotatable bonds is 7. The molecule has 0 bridgehead atoms. The average Bonchev–Trinajstić information content (AvgIpc) is 3.24. The maximum absolute atomic E-state index is 12.5. The fourth-order valence-electron chi connectivity index (χ4n) is 3.20. The second kappa shape index (κ2) is 10.3. The number of amides is 1. The van der Waals surface area contributed by atoms with Gasteiger partial charge in [0, 0.05) is 22.8 Å². The van der Waals surface area contributed by atoms with Gasteiger partial charge in [-0.2, -0.15) is 0 Å². The van der Waals surface area contributed by atoms with E-state index in [4.69, 9.17) is 30.4 Å². The average molecular weight is 501 g/mol. The van der Waals surface area contributed by atoms with E-state index >= 15 is 0 Å². The molecule has 35 heavy (non-hydrogen) atoms. The molecule has 1 aliphatic rings. The Bertz CT molecular complexity index is 1170. The Morgan fingerprint density at radius 1 is 1.17 bits per heavy atom. The van der Waals surface area contributed by atoms with E-state index in [1.165, 1.54) is 17.5 Å². The highest BCUT2D eigenvalue weighted by Crippen LogP contribution is 2.25. The second-order valence-corrected chi connectivity index (χ2v) is 9.38. The summed E-state index contributed by atoms with van der Waals surface area (Å²) in [5, 5.41) is 8.96. The van der Waals surface area contributed by atoms with Crippen LogP contribution in [-0.4, -0.2) is 52.0 Å². The minimum atomic E-state index is -0.770. The smallest absolute Gasteiger partial charge is 0.473 e. The largest absolute Gasteiger partial charge is 0.528 e. The fraction of sp³-hybridized carbons (Fsp3) is 0.333. The lowest BCUT2D eigenvalue weighted by atomic mass is 10.1. The van der Waals surface area contributed by atoms with E-state index in [1.54, 1.807) is 45.0 Å². The highest BCUT2D eigenvalue weighted by atomic mass is 35.5. The Kier molecular flexibility index (Phi) is 7.23. The molecule has 2 aromatic heterocycles. The molecule has 1 N–H and O–H groups in total. The topological polar surface area (TPSA) is 116 Å². The first-order chi connectivity index (χ1) is 16.7. The van der Waals surface area contributed by atoms with Crippen molar-refractivity contribution in [3.05, 3.63) is 65.0 Å². The summed E-state index contributed by atoms with van der Waals surface area (Å²) in [6.45, 7) is 6.19. The standard InChI is InChI=1S/C24H25ClN4O6/c1-24(2,3)34-23(31)35-29-11-19(12-29)27-22(30)16-6-9-20(26-10-16)32-13-17-14-33-28-21(17)15-4-7-18(25)8-5-15/h4-10,14,19H,11-13H2,1-3H3,(H,27,30). The molecule has 4 rings (SSSR count). The Morgan fingerprint density at radius 2 is 1.91 bits per heavy atom. The SMILES string of the molecule is CC(C)(C)OC(=O)ON1CC(NC(=O)c2ccc(OCc3conc3-c3ccc(Cl)cc3)nc2)C1. The van der Waals surface area contributed by atoms with Crippen molar-refractivity contribution in [2.24, 2.45) is 0 Å². The molecule has 1 fully saturated rings. The van der Waals surface area contributed by atoms with E-state index < -0.39 is 11.8 Å². The normalized spacial score (nSPS) is 14.2. The van der Waals surface area contributed by atoms with Gasteiger partial charge in [0.1, 0.15) is 24.2 Å². The molecule has 0 saturated carbocycles. The summed E-state index contributed by atoms with van der Waals surface area (Å²) < 4.78 is 15.9. The molecule has 0 radical (unpaired) electrons. The van der Waals surface area contributed by atoms with E-state index in [2.05, 4.69) is 15.5 Å².